The summed E-state index contributed by atoms with van der Waals surface area (Å²) in [6, 6.07) is 11.8. The summed E-state index contributed by atoms with van der Waals surface area (Å²) in [7, 11) is 0. The SMILES string of the molecule is Nc1cccc2c1C(=O)C=C(c1ccccc1Cl)C2=O. The molecule has 0 radical (unpaired) electrons. The maximum Gasteiger partial charge on any atom is 0.194 e. The van der Waals surface area contributed by atoms with Gasteiger partial charge in [-0.15, -0.1) is 0 Å². The lowest BCUT2D eigenvalue weighted by Crippen LogP contribution is -2.18. The van der Waals surface area contributed by atoms with E-state index in [1.807, 2.05) is 0 Å². The number of carbonyl (C=O) groups excluding carboxylic acids is 2. The predicted octanol–water partition coefficient (Wildman–Crippen LogP) is 3.38. The average Bonchev–Trinajstić information content (AvgIpc) is 2.43. The van der Waals surface area contributed by atoms with Crippen LogP contribution in [0.15, 0.2) is 48.5 Å². The minimum atomic E-state index is -0.271. The maximum atomic E-state index is 12.5. The van der Waals surface area contributed by atoms with E-state index in [1.54, 1.807) is 42.5 Å². The third kappa shape index (κ3) is 1.84. The third-order valence-electron chi connectivity index (χ3n) is 3.27. The van der Waals surface area contributed by atoms with Crippen molar-refractivity contribution in [2.75, 3.05) is 5.73 Å². The molecule has 2 aromatic carbocycles. The van der Waals surface area contributed by atoms with E-state index in [0.29, 0.717) is 27.4 Å². The Labute approximate surface area is 120 Å². The number of anilines is 1. The van der Waals surface area contributed by atoms with E-state index >= 15 is 0 Å². The van der Waals surface area contributed by atoms with E-state index in [1.165, 1.54) is 6.08 Å². The maximum absolute atomic E-state index is 12.5. The van der Waals surface area contributed by atoms with Crippen LogP contribution < -0.4 is 5.73 Å². The number of carbonyl (C=O) groups is 2. The van der Waals surface area contributed by atoms with E-state index in [4.69, 9.17) is 17.3 Å². The molecule has 0 unspecified atom stereocenters. The van der Waals surface area contributed by atoms with Gasteiger partial charge in [-0.3, -0.25) is 9.59 Å². The summed E-state index contributed by atoms with van der Waals surface area (Å²) in [6.07, 6.45) is 1.31. The van der Waals surface area contributed by atoms with Crippen LogP contribution in [0, 0.1) is 0 Å². The Morgan fingerprint density at radius 2 is 1.60 bits per heavy atom. The summed E-state index contributed by atoms with van der Waals surface area (Å²) >= 11 is 6.10. The van der Waals surface area contributed by atoms with Gasteiger partial charge in [0.25, 0.3) is 0 Å². The van der Waals surface area contributed by atoms with Crippen molar-refractivity contribution >= 4 is 34.4 Å². The van der Waals surface area contributed by atoms with Crippen LogP contribution in [-0.4, -0.2) is 11.6 Å². The van der Waals surface area contributed by atoms with Gasteiger partial charge in [-0.2, -0.15) is 0 Å². The number of hydrogen-bond acceptors (Lipinski definition) is 3. The first-order valence-electron chi connectivity index (χ1n) is 6.03. The van der Waals surface area contributed by atoms with Crippen LogP contribution in [0.3, 0.4) is 0 Å². The van der Waals surface area contributed by atoms with Gasteiger partial charge in [0, 0.05) is 27.4 Å². The van der Waals surface area contributed by atoms with Crippen molar-refractivity contribution in [3.8, 4) is 0 Å². The lowest BCUT2D eigenvalue weighted by molar-refractivity contribution is 0.100. The lowest BCUT2D eigenvalue weighted by Gasteiger charge is -2.17. The fourth-order valence-electron chi connectivity index (χ4n) is 2.33. The molecular formula is C16H10ClNO2. The Balaban J connectivity index is 2.21. The number of rotatable bonds is 1. The standard InChI is InChI=1S/C16H10ClNO2/c17-12-6-2-1-4-9(12)11-8-14(19)15-10(16(11)20)5-3-7-13(15)18/h1-8H,18H2. The number of ketones is 2. The number of benzene rings is 2. The van der Waals surface area contributed by atoms with E-state index in [2.05, 4.69) is 0 Å². The monoisotopic (exact) mass is 283 g/mol. The van der Waals surface area contributed by atoms with Crippen molar-refractivity contribution in [3.63, 3.8) is 0 Å². The Bertz CT molecular complexity index is 778. The van der Waals surface area contributed by atoms with Crippen LogP contribution in [-0.2, 0) is 0 Å². The van der Waals surface area contributed by atoms with Gasteiger partial charge in [0.2, 0.25) is 0 Å². The fourth-order valence-corrected chi connectivity index (χ4v) is 2.57. The molecule has 1 aliphatic carbocycles. The molecule has 1 aliphatic rings. The first-order valence-corrected chi connectivity index (χ1v) is 6.41. The zero-order valence-electron chi connectivity index (χ0n) is 10.4. The van der Waals surface area contributed by atoms with Crippen LogP contribution in [0.25, 0.3) is 5.57 Å². The molecule has 20 heavy (non-hydrogen) atoms. The second-order valence-electron chi connectivity index (χ2n) is 4.50. The molecule has 2 N–H and O–H groups in total. The second-order valence-corrected chi connectivity index (χ2v) is 4.91. The van der Waals surface area contributed by atoms with Crippen LogP contribution in [0.5, 0.6) is 0 Å². The molecule has 3 nitrogen and oxygen atoms in total. The van der Waals surface area contributed by atoms with Crippen molar-refractivity contribution in [2.24, 2.45) is 0 Å². The minimum Gasteiger partial charge on any atom is -0.398 e. The molecule has 3 rings (SSSR count). The highest BCUT2D eigenvalue weighted by Gasteiger charge is 2.28. The summed E-state index contributed by atoms with van der Waals surface area (Å²) in [5, 5.41) is 0.437. The topological polar surface area (TPSA) is 60.2 Å². The van der Waals surface area contributed by atoms with Crippen LogP contribution in [0.4, 0.5) is 5.69 Å². The van der Waals surface area contributed by atoms with Gasteiger partial charge in [0.05, 0.1) is 5.56 Å². The van der Waals surface area contributed by atoms with Crippen LogP contribution in [0.2, 0.25) is 5.02 Å². The van der Waals surface area contributed by atoms with Crippen molar-refractivity contribution in [2.45, 2.75) is 0 Å². The zero-order valence-corrected chi connectivity index (χ0v) is 11.1. The molecule has 0 heterocycles. The number of nitrogens with two attached hydrogens (primary N) is 1. The van der Waals surface area contributed by atoms with Crippen molar-refractivity contribution < 1.29 is 9.59 Å². The van der Waals surface area contributed by atoms with Gasteiger partial charge in [0.1, 0.15) is 0 Å². The number of fused-ring (bicyclic) bond motifs is 1. The molecule has 0 saturated heterocycles. The van der Waals surface area contributed by atoms with Crippen molar-refractivity contribution in [1.29, 1.82) is 0 Å². The van der Waals surface area contributed by atoms with Gasteiger partial charge in [-0.1, -0.05) is 41.9 Å². The minimum absolute atomic E-state index is 0.236. The molecule has 0 saturated carbocycles. The highest BCUT2D eigenvalue weighted by molar-refractivity contribution is 6.42. The van der Waals surface area contributed by atoms with E-state index in [9.17, 15) is 9.59 Å². The number of Topliss-reactive ketones (excluding diaryl/α,β-unsaturated/α-hetero) is 1. The molecule has 0 bridgehead atoms. The largest absolute Gasteiger partial charge is 0.398 e. The van der Waals surface area contributed by atoms with Crippen LogP contribution in [0.1, 0.15) is 26.3 Å². The predicted molar refractivity (Wildman–Crippen MR) is 78.9 cm³/mol. The van der Waals surface area contributed by atoms with Gasteiger partial charge in [0.15, 0.2) is 11.6 Å². The van der Waals surface area contributed by atoms with Gasteiger partial charge in [-0.05, 0) is 18.2 Å². The van der Waals surface area contributed by atoms with Gasteiger partial charge in [-0.25, -0.2) is 0 Å². The summed E-state index contributed by atoms with van der Waals surface area (Å²) < 4.78 is 0. The van der Waals surface area contributed by atoms with E-state index in [0.717, 1.165) is 0 Å². The fraction of sp³-hybridized carbons (Fsp3) is 0. The second kappa shape index (κ2) is 4.62. The summed E-state index contributed by atoms with van der Waals surface area (Å²) in [5.41, 5.74) is 7.55. The summed E-state index contributed by atoms with van der Waals surface area (Å²) in [6.45, 7) is 0. The molecule has 0 fully saturated rings. The smallest absolute Gasteiger partial charge is 0.194 e. The molecule has 0 amide bonds. The molecule has 98 valence electrons. The lowest BCUT2D eigenvalue weighted by atomic mass is 9.85. The Morgan fingerprint density at radius 3 is 2.35 bits per heavy atom. The number of halogens is 1. The average molecular weight is 284 g/mol. The highest BCUT2D eigenvalue weighted by atomic mass is 35.5. The third-order valence-corrected chi connectivity index (χ3v) is 3.60. The molecule has 0 spiro atoms. The molecule has 2 aromatic rings. The molecule has 0 aromatic heterocycles. The normalized spacial score (nSPS) is 13.9. The van der Waals surface area contributed by atoms with Gasteiger partial charge < -0.3 is 5.73 Å². The first-order chi connectivity index (χ1) is 9.59. The van der Waals surface area contributed by atoms with E-state index < -0.39 is 0 Å². The summed E-state index contributed by atoms with van der Waals surface area (Å²) in [5.74, 6) is -0.507. The quantitative estimate of drug-likeness (QED) is 0.816. The molecule has 4 heteroatoms. The van der Waals surface area contributed by atoms with Crippen molar-refractivity contribution in [3.05, 3.63) is 70.3 Å². The Kier molecular flexibility index (Phi) is 2.92. The molecule has 0 aliphatic heterocycles. The number of nitrogen functional groups attached to an aromatic ring is 1. The number of allylic oxidation sites excluding steroid dienone is 2. The molecular weight excluding hydrogens is 274 g/mol. The van der Waals surface area contributed by atoms with Crippen LogP contribution >= 0.6 is 11.6 Å². The first kappa shape index (κ1) is 12.6. The molecule has 0 atom stereocenters. The summed E-state index contributed by atoms with van der Waals surface area (Å²) in [4.78, 5) is 24.7. The van der Waals surface area contributed by atoms with E-state index in [-0.39, 0.29) is 17.1 Å². The number of hydrogen-bond donors (Lipinski definition) is 1. The highest BCUT2D eigenvalue weighted by Crippen LogP contribution is 2.33. The van der Waals surface area contributed by atoms with Crippen molar-refractivity contribution in [1.82, 2.24) is 0 Å². The van der Waals surface area contributed by atoms with Gasteiger partial charge >= 0.3 is 0 Å². The Morgan fingerprint density at radius 1 is 0.900 bits per heavy atom. The zero-order chi connectivity index (χ0) is 14.3. The Hall–Kier alpha value is -2.39.